The summed E-state index contributed by atoms with van der Waals surface area (Å²) in [6.45, 7) is 8.38. The average molecular weight is 242 g/mol. The van der Waals surface area contributed by atoms with E-state index in [-0.39, 0.29) is 6.61 Å². The first kappa shape index (κ1) is 13.3. The van der Waals surface area contributed by atoms with Crippen LogP contribution in [-0.2, 0) is 6.61 Å². The predicted octanol–water partition coefficient (Wildman–Crippen LogP) is 3.31. The molecule has 0 spiro atoms. The lowest BCUT2D eigenvalue weighted by Crippen LogP contribution is -2.28. The topological polar surface area (TPSA) is 23.5 Å². The van der Waals surface area contributed by atoms with Crippen LogP contribution in [0.2, 0.25) is 5.02 Å². The van der Waals surface area contributed by atoms with Crippen LogP contribution in [0.4, 0.5) is 5.69 Å². The van der Waals surface area contributed by atoms with Crippen molar-refractivity contribution >= 4 is 17.3 Å². The van der Waals surface area contributed by atoms with E-state index in [0.29, 0.717) is 10.9 Å². The highest BCUT2D eigenvalue weighted by molar-refractivity contribution is 6.31. The highest BCUT2D eigenvalue weighted by atomic mass is 35.5. The van der Waals surface area contributed by atoms with Crippen LogP contribution in [0, 0.1) is 5.92 Å². The Kier molecular flexibility index (Phi) is 5.10. The highest BCUT2D eigenvalue weighted by Crippen LogP contribution is 2.28. The van der Waals surface area contributed by atoms with Crippen molar-refractivity contribution in [3.8, 4) is 0 Å². The van der Waals surface area contributed by atoms with Crippen LogP contribution < -0.4 is 4.90 Å². The van der Waals surface area contributed by atoms with Gasteiger partial charge in [-0.05, 0) is 25.0 Å². The summed E-state index contributed by atoms with van der Waals surface area (Å²) < 4.78 is 0. The van der Waals surface area contributed by atoms with Gasteiger partial charge in [0.2, 0.25) is 0 Å². The zero-order chi connectivity index (χ0) is 12.1. The summed E-state index contributed by atoms with van der Waals surface area (Å²) in [5, 5.41) is 10.0. The van der Waals surface area contributed by atoms with Gasteiger partial charge in [-0.25, -0.2) is 0 Å². The summed E-state index contributed by atoms with van der Waals surface area (Å²) >= 11 is 6.08. The molecule has 0 aliphatic rings. The van der Waals surface area contributed by atoms with E-state index in [9.17, 15) is 5.11 Å². The van der Waals surface area contributed by atoms with Gasteiger partial charge in [-0.3, -0.25) is 0 Å². The molecule has 0 saturated heterocycles. The summed E-state index contributed by atoms with van der Waals surface area (Å²) in [5.74, 6) is 0.588. The van der Waals surface area contributed by atoms with Gasteiger partial charge in [-0.15, -0.1) is 0 Å². The number of aliphatic hydroxyl groups excluding tert-OH is 1. The van der Waals surface area contributed by atoms with Crippen molar-refractivity contribution in [2.24, 2.45) is 5.92 Å². The van der Waals surface area contributed by atoms with E-state index in [0.717, 1.165) is 24.3 Å². The number of benzene rings is 1. The van der Waals surface area contributed by atoms with Crippen LogP contribution in [0.15, 0.2) is 18.2 Å². The van der Waals surface area contributed by atoms with Gasteiger partial charge in [0.25, 0.3) is 0 Å². The third-order valence-electron chi connectivity index (χ3n) is 2.56. The van der Waals surface area contributed by atoms with Gasteiger partial charge in [0, 0.05) is 29.4 Å². The Labute approximate surface area is 103 Å². The predicted molar refractivity (Wildman–Crippen MR) is 70.1 cm³/mol. The van der Waals surface area contributed by atoms with Crippen molar-refractivity contribution in [3.05, 3.63) is 28.8 Å². The van der Waals surface area contributed by atoms with Gasteiger partial charge in [-0.1, -0.05) is 31.5 Å². The van der Waals surface area contributed by atoms with Crippen molar-refractivity contribution in [3.63, 3.8) is 0 Å². The molecule has 0 aliphatic carbocycles. The maximum absolute atomic E-state index is 9.37. The van der Waals surface area contributed by atoms with E-state index in [4.69, 9.17) is 11.6 Å². The molecule has 0 heterocycles. The molecule has 0 amide bonds. The van der Waals surface area contributed by atoms with Crippen molar-refractivity contribution < 1.29 is 5.11 Å². The summed E-state index contributed by atoms with van der Waals surface area (Å²) in [6, 6.07) is 5.77. The third-order valence-corrected chi connectivity index (χ3v) is 2.91. The molecular formula is C13H20ClNO. The number of aliphatic hydroxyl groups is 1. The first-order chi connectivity index (χ1) is 7.60. The molecule has 0 aromatic heterocycles. The van der Waals surface area contributed by atoms with E-state index in [1.165, 1.54) is 0 Å². The number of halogens is 1. The standard InChI is InChI=1S/C13H20ClNO/c1-4-15(8-10(2)3)13-7-5-6-12(14)11(13)9-16/h5-7,10,16H,4,8-9H2,1-3H3. The number of nitrogens with zero attached hydrogens (tertiary/aromatic N) is 1. The number of hydrogen-bond acceptors (Lipinski definition) is 2. The molecule has 0 atom stereocenters. The minimum atomic E-state index is -0.0103. The maximum atomic E-state index is 9.37. The monoisotopic (exact) mass is 241 g/mol. The highest BCUT2D eigenvalue weighted by Gasteiger charge is 2.12. The van der Waals surface area contributed by atoms with Crippen LogP contribution in [0.25, 0.3) is 0 Å². The second kappa shape index (κ2) is 6.12. The molecule has 1 rings (SSSR count). The van der Waals surface area contributed by atoms with Crippen molar-refractivity contribution in [1.82, 2.24) is 0 Å². The normalized spacial score (nSPS) is 10.9. The Morgan fingerprint density at radius 3 is 2.56 bits per heavy atom. The van der Waals surface area contributed by atoms with Crippen LogP contribution in [-0.4, -0.2) is 18.2 Å². The Morgan fingerprint density at radius 2 is 2.06 bits per heavy atom. The van der Waals surface area contributed by atoms with E-state index in [1.807, 2.05) is 18.2 Å². The summed E-state index contributed by atoms with van der Waals surface area (Å²) in [5.41, 5.74) is 1.87. The fourth-order valence-electron chi connectivity index (χ4n) is 1.84. The molecule has 0 saturated carbocycles. The molecule has 2 nitrogen and oxygen atoms in total. The first-order valence-electron chi connectivity index (χ1n) is 5.73. The van der Waals surface area contributed by atoms with Crippen LogP contribution in [0.5, 0.6) is 0 Å². The SMILES string of the molecule is CCN(CC(C)C)c1cccc(Cl)c1CO. The molecule has 3 heteroatoms. The minimum Gasteiger partial charge on any atom is -0.392 e. The fourth-order valence-corrected chi connectivity index (χ4v) is 2.07. The summed E-state index contributed by atoms with van der Waals surface area (Å²) in [7, 11) is 0. The minimum absolute atomic E-state index is 0.0103. The zero-order valence-electron chi connectivity index (χ0n) is 10.2. The maximum Gasteiger partial charge on any atom is 0.0716 e. The molecule has 1 aromatic rings. The second-order valence-corrected chi connectivity index (χ2v) is 4.74. The molecule has 1 aromatic carbocycles. The molecule has 1 N–H and O–H groups in total. The van der Waals surface area contributed by atoms with Gasteiger partial charge >= 0.3 is 0 Å². The molecule has 0 bridgehead atoms. The third kappa shape index (κ3) is 3.13. The quantitative estimate of drug-likeness (QED) is 0.855. The van der Waals surface area contributed by atoms with E-state index in [2.05, 4.69) is 25.7 Å². The molecule has 0 radical (unpaired) electrons. The molecular weight excluding hydrogens is 222 g/mol. The van der Waals surface area contributed by atoms with Crippen molar-refractivity contribution in [2.45, 2.75) is 27.4 Å². The van der Waals surface area contributed by atoms with Gasteiger partial charge in [0.15, 0.2) is 0 Å². The summed E-state index contributed by atoms with van der Waals surface area (Å²) in [6.07, 6.45) is 0. The Hall–Kier alpha value is -0.730. The van der Waals surface area contributed by atoms with Gasteiger partial charge in [0.1, 0.15) is 0 Å². The largest absolute Gasteiger partial charge is 0.392 e. The van der Waals surface area contributed by atoms with Crippen molar-refractivity contribution in [2.75, 3.05) is 18.0 Å². The molecule has 0 aliphatic heterocycles. The fraction of sp³-hybridized carbons (Fsp3) is 0.538. The Balaban J connectivity index is 3.04. The second-order valence-electron chi connectivity index (χ2n) is 4.33. The molecule has 16 heavy (non-hydrogen) atoms. The number of hydrogen-bond donors (Lipinski definition) is 1. The number of rotatable bonds is 5. The molecule has 90 valence electrons. The first-order valence-corrected chi connectivity index (χ1v) is 6.11. The Bertz CT molecular complexity index is 339. The average Bonchev–Trinajstić information content (AvgIpc) is 2.25. The van der Waals surface area contributed by atoms with Gasteiger partial charge in [-0.2, -0.15) is 0 Å². The van der Waals surface area contributed by atoms with Crippen molar-refractivity contribution in [1.29, 1.82) is 0 Å². The van der Waals surface area contributed by atoms with Gasteiger partial charge < -0.3 is 10.0 Å². The lowest BCUT2D eigenvalue weighted by molar-refractivity contribution is 0.282. The van der Waals surface area contributed by atoms with E-state index >= 15 is 0 Å². The lowest BCUT2D eigenvalue weighted by atomic mass is 10.1. The van der Waals surface area contributed by atoms with Gasteiger partial charge in [0.05, 0.1) is 6.61 Å². The number of anilines is 1. The smallest absolute Gasteiger partial charge is 0.0716 e. The molecule has 0 fully saturated rings. The molecule has 0 unspecified atom stereocenters. The zero-order valence-corrected chi connectivity index (χ0v) is 11.0. The summed E-state index contributed by atoms with van der Waals surface area (Å²) in [4.78, 5) is 2.25. The van der Waals surface area contributed by atoms with E-state index < -0.39 is 0 Å². The lowest BCUT2D eigenvalue weighted by Gasteiger charge is -2.27. The van der Waals surface area contributed by atoms with E-state index in [1.54, 1.807) is 0 Å². The van der Waals surface area contributed by atoms with Crippen LogP contribution >= 0.6 is 11.6 Å². The Morgan fingerprint density at radius 1 is 1.38 bits per heavy atom. The van der Waals surface area contributed by atoms with Crippen LogP contribution in [0.1, 0.15) is 26.3 Å². The van der Waals surface area contributed by atoms with Crippen LogP contribution in [0.3, 0.4) is 0 Å².